The second-order valence-electron chi connectivity index (χ2n) is 6.26. The highest BCUT2D eigenvalue weighted by molar-refractivity contribution is 5.12. The Morgan fingerprint density at radius 2 is 2.11 bits per heavy atom. The standard InChI is InChI=1S/C16H26N2O/c1-13-6-8-16(9-7-13,18(2)3)15(19)11-14-5-4-10-17-12-14/h4-5,10,12-13,15,19H,6-9,11H2,1-3H3. The van der Waals surface area contributed by atoms with Crippen LogP contribution < -0.4 is 0 Å². The van der Waals surface area contributed by atoms with Crippen molar-refractivity contribution in [1.29, 1.82) is 0 Å². The molecule has 1 saturated carbocycles. The first kappa shape index (κ1) is 14.5. The highest BCUT2D eigenvalue weighted by atomic mass is 16.3. The van der Waals surface area contributed by atoms with Gasteiger partial charge in [-0.2, -0.15) is 0 Å². The van der Waals surface area contributed by atoms with Crippen molar-refractivity contribution in [3.63, 3.8) is 0 Å². The molecule has 1 heterocycles. The van der Waals surface area contributed by atoms with Crippen molar-refractivity contribution in [2.75, 3.05) is 14.1 Å². The van der Waals surface area contributed by atoms with E-state index in [1.807, 2.05) is 18.3 Å². The van der Waals surface area contributed by atoms with E-state index in [1.54, 1.807) is 6.20 Å². The fourth-order valence-corrected chi connectivity index (χ4v) is 3.27. The molecule has 0 amide bonds. The Bertz CT molecular complexity index is 383. The van der Waals surface area contributed by atoms with Gasteiger partial charge in [0.25, 0.3) is 0 Å². The second-order valence-corrected chi connectivity index (χ2v) is 6.26. The van der Waals surface area contributed by atoms with Gasteiger partial charge in [-0.05, 0) is 57.3 Å². The minimum absolute atomic E-state index is 0.0671. The van der Waals surface area contributed by atoms with Crippen molar-refractivity contribution >= 4 is 0 Å². The first-order valence-electron chi connectivity index (χ1n) is 7.29. The van der Waals surface area contributed by atoms with Crippen LogP contribution in [0, 0.1) is 5.92 Å². The number of hydrogen-bond acceptors (Lipinski definition) is 3. The zero-order valence-corrected chi connectivity index (χ0v) is 12.3. The number of aliphatic hydroxyl groups is 1. The summed E-state index contributed by atoms with van der Waals surface area (Å²) in [6.07, 6.45) is 8.60. The van der Waals surface area contributed by atoms with E-state index in [1.165, 1.54) is 12.8 Å². The third kappa shape index (κ3) is 3.15. The average molecular weight is 262 g/mol. The summed E-state index contributed by atoms with van der Waals surface area (Å²) >= 11 is 0. The topological polar surface area (TPSA) is 36.4 Å². The molecule has 106 valence electrons. The monoisotopic (exact) mass is 262 g/mol. The van der Waals surface area contributed by atoms with Crippen molar-refractivity contribution in [3.05, 3.63) is 30.1 Å². The van der Waals surface area contributed by atoms with Gasteiger partial charge in [-0.3, -0.25) is 4.98 Å². The van der Waals surface area contributed by atoms with Gasteiger partial charge in [-0.1, -0.05) is 13.0 Å². The van der Waals surface area contributed by atoms with Crippen LogP contribution in [0.5, 0.6) is 0 Å². The Labute approximate surface area is 116 Å². The van der Waals surface area contributed by atoms with Crippen molar-refractivity contribution in [2.45, 2.75) is 50.7 Å². The maximum absolute atomic E-state index is 10.8. The summed E-state index contributed by atoms with van der Waals surface area (Å²) in [5.74, 6) is 0.790. The molecule has 1 aliphatic rings. The average Bonchev–Trinajstić information content (AvgIpc) is 2.40. The maximum atomic E-state index is 10.8. The number of aliphatic hydroxyl groups excluding tert-OH is 1. The van der Waals surface area contributed by atoms with E-state index >= 15 is 0 Å². The number of hydrogen-bond donors (Lipinski definition) is 1. The van der Waals surface area contributed by atoms with Crippen LogP contribution in [-0.4, -0.2) is 40.7 Å². The number of aromatic nitrogens is 1. The lowest BCUT2D eigenvalue weighted by molar-refractivity contribution is -0.0382. The van der Waals surface area contributed by atoms with Crippen LogP contribution in [0.2, 0.25) is 0 Å². The van der Waals surface area contributed by atoms with E-state index in [9.17, 15) is 5.11 Å². The summed E-state index contributed by atoms with van der Waals surface area (Å²) < 4.78 is 0. The zero-order valence-electron chi connectivity index (χ0n) is 12.3. The van der Waals surface area contributed by atoms with Crippen LogP contribution >= 0.6 is 0 Å². The van der Waals surface area contributed by atoms with E-state index in [-0.39, 0.29) is 11.6 Å². The number of nitrogens with zero attached hydrogens (tertiary/aromatic N) is 2. The van der Waals surface area contributed by atoms with E-state index in [4.69, 9.17) is 0 Å². The first-order valence-corrected chi connectivity index (χ1v) is 7.29. The lowest BCUT2D eigenvalue weighted by atomic mass is 9.72. The minimum Gasteiger partial charge on any atom is -0.391 e. The molecule has 0 aromatic carbocycles. The second kappa shape index (κ2) is 6.02. The van der Waals surface area contributed by atoms with Gasteiger partial charge in [0, 0.05) is 24.4 Å². The summed E-state index contributed by atoms with van der Waals surface area (Å²) in [5, 5.41) is 10.8. The van der Waals surface area contributed by atoms with Gasteiger partial charge in [-0.25, -0.2) is 0 Å². The van der Waals surface area contributed by atoms with Gasteiger partial charge < -0.3 is 10.0 Å². The van der Waals surface area contributed by atoms with Gasteiger partial charge in [0.15, 0.2) is 0 Å². The Kier molecular flexibility index (Phi) is 4.58. The summed E-state index contributed by atoms with van der Waals surface area (Å²) in [6, 6.07) is 3.98. The molecule has 0 spiro atoms. The largest absolute Gasteiger partial charge is 0.391 e. The lowest BCUT2D eigenvalue weighted by Gasteiger charge is -2.47. The SMILES string of the molecule is CC1CCC(C(O)Cc2cccnc2)(N(C)C)CC1. The first-order chi connectivity index (χ1) is 9.04. The Morgan fingerprint density at radius 3 is 2.63 bits per heavy atom. The van der Waals surface area contributed by atoms with Gasteiger partial charge in [-0.15, -0.1) is 0 Å². The van der Waals surface area contributed by atoms with Crippen molar-refractivity contribution in [2.24, 2.45) is 5.92 Å². The number of rotatable bonds is 4. The molecule has 1 atom stereocenters. The van der Waals surface area contributed by atoms with Crippen molar-refractivity contribution in [1.82, 2.24) is 9.88 Å². The molecule has 1 aliphatic carbocycles. The Balaban J connectivity index is 2.11. The fourth-order valence-electron chi connectivity index (χ4n) is 3.27. The van der Waals surface area contributed by atoms with Crippen LogP contribution in [0.25, 0.3) is 0 Å². The number of likely N-dealkylation sites (N-methyl/N-ethyl adjacent to an activating group) is 1. The van der Waals surface area contributed by atoms with E-state index in [0.29, 0.717) is 6.42 Å². The van der Waals surface area contributed by atoms with Crippen LogP contribution in [0.1, 0.15) is 38.2 Å². The van der Waals surface area contributed by atoms with Gasteiger partial charge >= 0.3 is 0 Å². The highest BCUT2D eigenvalue weighted by Gasteiger charge is 2.42. The molecule has 1 aromatic rings. The smallest absolute Gasteiger partial charge is 0.0764 e. The fraction of sp³-hybridized carbons (Fsp3) is 0.688. The Morgan fingerprint density at radius 1 is 1.42 bits per heavy atom. The molecular formula is C16H26N2O. The van der Waals surface area contributed by atoms with E-state index in [0.717, 1.165) is 24.3 Å². The van der Waals surface area contributed by atoms with E-state index in [2.05, 4.69) is 30.9 Å². The molecule has 1 aromatic heterocycles. The zero-order chi connectivity index (χ0) is 13.9. The van der Waals surface area contributed by atoms with Crippen molar-refractivity contribution in [3.8, 4) is 0 Å². The lowest BCUT2D eigenvalue weighted by Crippen LogP contribution is -2.56. The van der Waals surface area contributed by atoms with E-state index < -0.39 is 0 Å². The molecule has 0 bridgehead atoms. The summed E-state index contributed by atoms with van der Waals surface area (Å²) in [5.41, 5.74) is 1.05. The molecular weight excluding hydrogens is 236 g/mol. The normalized spacial score (nSPS) is 29.4. The minimum atomic E-state index is -0.320. The van der Waals surface area contributed by atoms with Crippen LogP contribution in [-0.2, 0) is 6.42 Å². The van der Waals surface area contributed by atoms with Crippen LogP contribution in [0.3, 0.4) is 0 Å². The predicted octanol–water partition coefficient (Wildman–Crippen LogP) is 2.50. The molecule has 1 N–H and O–H groups in total. The molecule has 3 heteroatoms. The number of pyridine rings is 1. The Hall–Kier alpha value is -0.930. The molecule has 2 rings (SSSR count). The van der Waals surface area contributed by atoms with Crippen LogP contribution in [0.4, 0.5) is 0 Å². The van der Waals surface area contributed by atoms with Gasteiger partial charge in [0.05, 0.1) is 6.10 Å². The maximum Gasteiger partial charge on any atom is 0.0764 e. The highest BCUT2D eigenvalue weighted by Crippen LogP contribution is 2.38. The molecule has 0 radical (unpaired) electrons. The molecule has 0 saturated heterocycles. The third-order valence-electron chi connectivity index (χ3n) is 4.80. The van der Waals surface area contributed by atoms with Crippen molar-refractivity contribution < 1.29 is 5.11 Å². The summed E-state index contributed by atoms with van der Waals surface area (Å²) in [7, 11) is 4.20. The molecule has 1 fully saturated rings. The van der Waals surface area contributed by atoms with Gasteiger partial charge in [0.1, 0.15) is 0 Å². The predicted molar refractivity (Wildman–Crippen MR) is 78.0 cm³/mol. The molecule has 1 unspecified atom stereocenters. The summed E-state index contributed by atoms with van der Waals surface area (Å²) in [6.45, 7) is 2.31. The molecule has 0 aliphatic heterocycles. The quantitative estimate of drug-likeness (QED) is 0.905. The molecule has 19 heavy (non-hydrogen) atoms. The van der Waals surface area contributed by atoms with Crippen LogP contribution in [0.15, 0.2) is 24.5 Å². The molecule has 3 nitrogen and oxygen atoms in total. The van der Waals surface area contributed by atoms with Gasteiger partial charge in [0.2, 0.25) is 0 Å². The summed E-state index contributed by atoms with van der Waals surface area (Å²) in [4.78, 5) is 6.37. The third-order valence-corrected chi connectivity index (χ3v) is 4.80.